The van der Waals surface area contributed by atoms with E-state index in [0.717, 1.165) is 12.8 Å². The van der Waals surface area contributed by atoms with Gasteiger partial charge in [0.05, 0.1) is 18.1 Å². The molecule has 1 N–H and O–H groups in total. The van der Waals surface area contributed by atoms with Crippen LogP contribution in [0.3, 0.4) is 0 Å². The van der Waals surface area contributed by atoms with Gasteiger partial charge in [-0.05, 0) is 48.5 Å². The van der Waals surface area contributed by atoms with Gasteiger partial charge in [0, 0.05) is 18.8 Å². The third-order valence-electron chi connectivity index (χ3n) is 5.22. The smallest absolute Gasteiger partial charge is 0.319 e. The number of ether oxygens (including phenoxy) is 1. The van der Waals surface area contributed by atoms with Gasteiger partial charge >= 0.3 is 5.97 Å². The summed E-state index contributed by atoms with van der Waals surface area (Å²) in [5.74, 6) is 0.299. The standard InChI is InChI=1S/C16H30INO2/c1-11(17)13(19)20-16(6,7)12-9-14(2,3)18(8)15(4,5)10-12/h11-12H,9-10H2,1-8H3/p+1. The second kappa shape index (κ2) is 5.75. The fraction of sp³-hybridized carbons (Fsp3) is 0.938. The number of likely N-dealkylation sites (tertiary alicyclic amines) is 1. The molecule has 0 amide bonds. The molecule has 1 unspecified atom stereocenters. The van der Waals surface area contributed by atoms with E-state index in [9.17, 15) is 4.79 Å². The number of piperidine rings is 1. The predicted octanol–water partition coefficient (Wildman–Crippen LogP) is 2.61. The first-order valence-corrected chi connectivity index (χ1v) is 8.75. The molecule has 1 aliphatic rings. The normalized spacial score (nSPS) is 30.6. The molecule has 1 saturated heterocycles. The Morgan fingerprint density at radius 2 is 1.65 bits per heavy atom. The molecule has 1 atom stereocenters. The summed E-state index contributed by atoms with van der Waals surface area (Å²) in [4.78, 5) is 13.5. The molecule has 1 rings (SSSR count). The van der Waals surface area contributed by atoms with E-state index in [1.807, 2.05) is 6.92 Å². The number of hydrogen-bond donors (Lipinski definition) is 1. The van der Waals surface area contributed by atoms with E-state index >= 15 is 0 Å². The van der Waals surface area contributed by atoms with Crippen molar-refractivity contribution in [2.75, 3.05) is 7.05 Å². The topological polar surface area (TPSA) is 30.7 Å². The van der Waals surface area contributed by atoms with E-state index < -0.39 is 5.60 Å². The lowest BCUT2D eigenvalue weighted by Crippen LogP contribution is -3.24. The zero-order chi connectivity index (χ0) is 15.9. The third kappa shape index (κ3) is 3.87. The molecular weight excluding hydrogens is 365 g/mol. The van der Waals surface area contributed by atoms with Crippen LogP contribution in [-0.4, -0.2) is 33.6 Å². The first-order valence-electron chi connectivity index (χ1n) is 7.51. The number of carbonyl (C=O) groups is 1. The van der Waals surface area contributed by atoms with Crippen LogP contribution in [0, 0.1) is 5.92 Å². The van der Waals surface area contributed by atoms with Crippen molar-refractivity contribution in [3.05, 3.63) is 0 Å². The second-order valence-corrected chi connectivity index (χ2v) is 10.0. The lowest BCUT2D eigenvalue weighted by molar-refractivity contribution is -0.984. The molecule has 0 radical (unpaired) electrons. The molecule has 0 aliphatic carbocycles. The van der Waals surface area contributed by atoms with Crippen LogP contribution in [0.4, 0.5) is 0 Å². The number of rotatable bonds is 3. The fourth-order valence-corrected chi connectivity index (χ4v) is 3.57. The first kappa shape index (κ1) is 18.2. The van der Waals surface area contributed by atoms with Crippen molar-refractivity contribution in [1.29, 1.82) is 0 Å². The molecule has 0 bridgehead atoms. The average Bonchev–Trinajstić information content (AvgIpc) is 2.24. The van der Waals surface area contributed by atoms with Crippen molar-refractivity contribution < 1.29 is 14.4 Å². The van der Waals surface area contributed by atoms with E-state index in [-0.39, 0.29) is 21.0 Å². The van der Waals surface area contributed by atoms with Crippen molar-refractivity contribution in [1.82, 2.24) is 0 Å². The minimum atomic E-state index is -0.397. The van der Waals surface area contributed by atoms with Crippen LogP contribution in [0.25, 0.3) is 0 Å². The van der Waals surface area contributed by atoms with Crippen molar-refractivity contribution in [3.8, 4) is 0 Å². The van der Waals surface area contributed by atoms with Gasteiger partial charge in [0.2, 0.25) is 0 Å². The summed E-state index contributed by atoms with van der Waals surface area (Å²) in [6, 6.07) is 0. The largest absolute Gasteiger partial charge is 0.459 e. The van der Waals surface area contributed by atoms with E-state index in [1.165, 1.54) is 0 Å². The molecule has 0 aromatic rings. The number of alkyl halides is 1. The highest BCUT2D eigenvalue weighted by molar-refractivity contribution is 14.1. The number of esters is 1. The average molecular weight is 396 g/mol. The lowest BCUT2D eigenvalue weighted by atomic mass is 9.68. The Balaban J connectivity index is 2.93. The van der Waals surface area contributed by atoms with E-state index in [2.05, 4.69) is 71.2 Å². The van der Waals surface area contributed by atoms with E-state index in [0.29, 0.717) is 5.92 Å². The van der Waals surface area contributed by atoms with Gasteiger partial charge in [0.1, 0.15) is 9.53 Å². The summed E-state index contributed by atoms with van der Waals surface area (Å²) < 4.78 is 5.71. The Morgan fingerprint density at radius 1 is 1.25 bits per heavy atom. The molecule has 1 aliphatic heterocycles. The first-order chi connectivity index (χ1) is 8.79. The molecule has 0 spiro atoms. The van der Waals surface area contributed by atoms with E-state index in [4.69, 9.17) is 4.74 Å². The van der Waals surface area contributed by atoms with E-state index in [1.54, 1.807) is 4.90 Å². The van der Waals surface area contributed by atoms with Crippen LogP contribution in [0.2, 0.25) is 0 Å². The van der Waals surface area contributed by atoms with Crippen molar-refractivity contribution >= 4 is 28.6 Å². The molecular formula is C16H31INO2+. The number of carbonyl (C=O) groups excluding carboxylic acids is 1. The van der Waals surface area contributed by atoms with Crippen LogP contribution in [0.1, 0.15) is 61.3 Å². The van der Waals surface area contributed by atoms with Gasteiger partial charge in [0.25, 0.3) is 0 Å². The Bertz CT molecular complexity index is 357. The van der Waals surface area contributed by atoms with Crippen LogP contribution in [0.5, 0.6) is 0 Å². The maximum atomic E-state index is 12.0. The molecule has 20 heavy (non-hydrogen) atoms. The second-order valence-electron chi connectivity index (χ2n) is 8.14. The van der Waals surface area contributed by atoms with Gasteiger partial charge in [-0.2, -0.15) is 0 Å². The monoisotopic (exact) mass is 396 g/mol. The van der Waals surface area contributed by atoms with Gasteiger partial charge in [0.15, 0.2) is 0 Å². The SMILES string of the molecule is CC(I)C(=O)OC(C)(C)C1CC(C)(C)[NH+](C)C(C)(C)C1. The summed E-state index contributed by atoms with van der Waals surface area (Å²) in [5, 5.41) is 0. The Morgan fingerprint density at radius 3 is 2.00 bits per heavy atom. The molecule has 1 heterocycles. The summed E-state index contributed by atoms with van der Waals surface area (Å²) in [7, 11) is 2.28. The van der Waals surface area contributed by atoms with Crippen LogP contribution in [0.15, 0.2) is 0 Å². The van der Waals surface area contributed by atoms with Crippen molar-refractivity contribution in [3.63, 3.8) is 0 Å². The van der Waals surface area contributed by atoms with Gasteiger partial charge in [-0.1, -0.05) is 22.6 Å². The highest BCUT2D eigenvalue weighted by Crippen LogP contribution is 2.37. The summed E-state index contributed by atoms with van der Waals surface area (Å²) in [6.07, 6.45) is 2.16. The number of nitrogens with one attached hydrogen (secondary N) is 1. The Kier molecular flexibility index (Phi) is 5.23. The molecule has 0 aromatic heterocycles. The molecule has 0 saturated carbocycles. The molecule has 1 fully saturated rings. The highest BCUT2D eigenvalue weighted by Gasteiger charge is 2.51. The zero-order valence-corrected chi connectivity index (χ0v) is 16.4. The molecule has 3 nitrogen and oxygen atoms in total. The lowest BCUT2D eigenvalue weighted by Gasteiger charge is -2.53. The third-order valence-corrected chi connectivity index (χ3v) is 5.72. The summed E-state index contributed by atoms with van der Waals surface area (Å²) in [5.41, 5.74) is 0.00379. The molecule has 4 heteroatoms. The number of quaternary nitrogens is 1. The molecule has 118 valence electrons. The Labute approximate surface area is 138 Å². The summed E-state index contributed by atoms with van der Waals surface area (Å²) in [6.45, 7) is 15.3. The minimum absolute atomic E-state index is 0.0928. The quantitative estimate of drug-likeness (QED) is 0.452. The highest BCUT2D eigenvalue weighted by atomic mass is 127. The van der Waals surface area contributed by atoms with Gasteiger partial charge in [-0.15, -0.1) is 0 Å². The van der Waals surface area contributed by atoms with Crippen molar-refractivity contribution in [2.24, 2.45) is 5.92 Å². The minimum Gasteiger partial charge on any atom is -0.459 e. The predicted molar refractivity (Wildman–Crippen MR) is 91.4 cm³/mol. The number of halogens is 1. The summed E-state index contributed by atoms with van der Waals surface area (Å²) >= 11 is 2.12. The van der Waals surface area contributed by atoms with Crippen molar-refractivity contribution in [2.45, 2.75) is 81.9 Å². The fourth-order valence-electron chi connectivity index (χ4n) is 3.44. The molecule has 0 aromatic carbocycles. The van der Waals surface area contributed by atoms with Crippen LogP contribution in [-0.2, 0) is 9.53 Å². The van der Waals surface area contributed by atoms with Gasteiger partial charge in [-0.25, -0.2) is 0 Å². The maximum Gasteiger partial charge on any atom is 0.319 e. The van der Waals surface area contributed by atoms with Gasteiger partial charge in [-0.3, -0.25) is 4.79 Å². The Hall–Kier alpha value is 0.160. The van der Waals surface area contributed by atoms with Crippen LogP contribution >= 0.6 is 22.6 Å². The van der Waals surface area contributed by atoms with Crippen LogP contribution < -0.4 is 4.90 Å². The number of hydrogen-bond acceptors (Lipinski definition) is 2. The maximum absolute atomic E-state index is 12.0. The van der Waals surface area contributed by atoms with Gasteiger partial charge < -0.3 is 9.64 Å². The zero-order valence-electron chi connectivity index (χ0n) is 14.3.